The highest BCUT2D eigenvalue weighted by Crippen LogP contribution is 2.52. The van der Waals surface area contributed by atoms with E-state index in [1.54, 1.807) is 6.07 Å². The van der Waals surface area contributed by atoms with Crippen LogP contribution in [-0.2, 0) is 10.2 Å². The molecule has 3 aromatic carbocycles. The molecule has 1 amide bonds. The van der Waals surface area contributed by atoms with Crippen molar-refractivity contribution in [3.63, 3.8) is 0 Å². The molecular weight excluding hydrogens is 559 g/mol. The molecule has 2 radical (unpaired) electrons. The smallest absolute Gasteiger partial charge is 0.242 e. The fraction of sp³-hybridized carbons (Fsp3) is 0.344. The van der Waals surface area contributed by atoms with E-state index in [1.165, 1.54) is 56.5 Å². The number of anilines is 1. The minimum Gasteiger partial charge on any atom is -0.495 e. The van der Waals surface area contributed by atoms with Gasteiger partial charge in [0.05, 0.1) is 24.9 Å². The third kappa shape index (κ3) is 5.79. The Kier molecular flexibility index (Phi) is 8.82. The molecule has 3 aromatic rings. The normalized spacial score (nSPS) is 21.9. The second-order valence-electron chi connectivity index (χ2n) is 11.8. The number of hydrogen-bond donors (Lipinski definition) is 2. The molecule has 4 atom stereocenters. The van der Waals surface area contributed by atoms with Gasteiger partial charge in [0, 0.05) is 28.1 Å². The van der Waals surface area contributed by atoms with Crippen LogP contribution in [0.15, 0.2) is 54.6 Å². The van der Waals surface area contributed by atoms with Crippen molar-refractivity contribution < 1.29 is 23.1 Å². The molecule has 0 bridgehead atoms. The number of halogens is 3. The average Bonchev–Trinajstić information content (AvgIpc) is 3.23. The number of carbonyl (C=O) groups is 2. The minimum absolute atomic E-state index is 0.00569. The van der Waals surface area contributed by atoms with Gasteiger partial charge in [0.1, 0.15) is 30.6 Å². The van der Waals surface area contributed by atoms with Crippen molar-refractivity contribution in [1.29, 1.82) is 5.26 Å². The molecule has 4 rings (SSSR count). The summed E-state index contributed by atoms with van der Waals surface area (Å²) in [5.74, 6) is -3.31. The number of ether oxygens (including phenoxy) is 1. The van der Waals surface area contributed by atoms with E-state index in [4.69, 9.17) is 24.2 Å². The molecule has 0 spiro atoms. The van der Waals surface area contributed by atoms with E-state index in [9.17, 15) is 14.9 Å². The summed E-state index contributed by atoms with van der Waals surface area (Å²) in [6.45, 7) is 7.28. The number of amides is 1. The number of hydrogen-bond acceptors (Lipinski definition) is 5. The molecule has 2 N–H and O–H groups in total. The number of carbonyl (C=O) groups excluding carboxylic acids is 2. The molecule has 1 aliphatic rings. The Hall–Kier alpha value is -3.74. The van der Waals surface area contributed by atoms with Crippen molar-refractivity contribution in [2.75, 3.05) is 12.4 Å². The highest BCUT2D eigenvalue weighted by atomic mass is 35.5. The lowest BCUT2D eigenvalue weighted by atomic mass is 9.62. The van der Waals surface area contributed by atoms with Gasteiger partial charge in [-0.2, -0.15) is 5.26 Å². The molecule has 216 valence electrons. The Morgan fingerprint density at radius 1 is 1.17 bits per heavy atom. The van der Waals surface area contributed by atoms with Crippen molar-refractivity contribution in [3.8, 4) is 11.8 Å². The van der Waals surface area contributed by atoms with Gasteiger partial charge in [-0.05, 0) is 54.7 Å². The van der Waals surface area contributed by atoms with E-state index in [0.717, 1.165) is 6.07 Å². The van der Waals surface area contributed by atoms with Gasteiger partial charge >= 0.3 is 0 Å². The second-order valence-corrected chi connectivity index (χ2v) is 12.2. The quantitative estimate of drug-likeness (QED) is 0.277. The number of methoxy groups -OCH3 is 1. The maximum absolute atomic E-state index is 15.8. The SMILES string of the molecule is [B]c1cccc([C@H]2[C@H](C(=O)Nc3ccc(C(C)=O)cc3OC)N[C@@H](CC(C)(C)C)[C@]2(C#N)c2ccc(Cl)cc2F)c1F. The summed E-state index contributed by atoms with van der Waals surface area (Å²) in [5, 5.41) is 17.2. The van der Waals surface area contributed by atoms with Crippen molar-refractivity contribution in [3.05, 3.63) is 87.9 Å². The van der Waals surface area contributed by atoms with E-state index < -0.39 is 41.0 Å². The first-order chi connectivity index (χ1) is 19.7. The van der Waals surface area contributed by atoms with Crippen LogP contribution >= 0.6 is 11.6 Å². The van der Waals surface area contributed by atoms with Crippen molar-refractivity contribution in [2.45, 2.75) is 57.5 Å². The van der Waals surface area contributed by atoms with Gasteiger partial charge in [0.2, 0.25) is 5.91 Å². The fourth-order valence-electron chi connectivity index (χ4n) is 5.83. The highest BCUT2D eigenvalue weighted by molar-refractivity contribution is 6.32. The number of nitrogens with one attached hydrogen (secondary N) is 2. The maximum atomic E-state index is 15.8. The lowest BCUT2D eigenvalue weighted by molar-refractivity contribution is -0.118. The van der Waals surface area contributed by atoms with Crippen LogP contribution in [0.1, 0.15) is 61.5 Å². The van der Waals surface area contributed by atoms with Crippen LogP contribution in [0.5, 0.6) is 5.75 Å². The van der Waals surface area contributed by atoms with Crippen LogP contribution < -0.4 is 20.8 Å². The second kappa shape index (κ2) is 11.9. The van der Waals surface area contributed by atoms with Crippen LogP contribution in [0.3, 0.4) is 0 Å². The first-order valence-corrected chi connectivity index (χ1v) is 13.8. The number of ketones is 1. The van der Waals surface area contributed by atoms with Crippen LogP contribution in [0.4, 0.5) is 14.5 Å². The summed E-state index contributed by atoms with van der Waals surface area (Å²) < 4.78 is 37.0. The van der Waals surface area contributed by atoms with E-state index in [2.05, 4.69) is 16.7 Å². The van der Waals surface area contributed by atoms with Gasteiger partial charge in [-0.15, -0.1) is 0 Å². The Bertz CT molecular complexity index is 1590. The van der Waals surface area contributed by atoms with Crippen molar-refractivity contribution in [1.82, 2.24) is 5.32 Å². The van der Waals surface area contributed by atoms with Gasteiger partial charge in [-0.25, -0.2) is 8.78 Å². The maximum Gasteiger partial charge on any atom is 0.242 e. The number of Topliss-reactive ketones (excluding diaryl/α,β-unsaturated/α-hetero) is 1. The molecule has 10 heteroatoms. The zero-order valence-electron chi connectivity index (χ0n) is 24.0. The van der Waals surface area contributed by atoms with Crippen LogP contribution in [0, 0.1) is 28.4 Å². The topological polar surface area (TPSA) is 91.2 Å². The van der Waals surface area contributed by atoms with E-state index in [1.807, 2.05) is 20.8 Å². The molecule has 42 heavy (non-hydrogen) atoms. The van der Waals surface area contributed by atoms with E-state index in [-0.39, 0.29) is 44.2 Å². The first kappa shape index (κ1) is 31.2. The van der Waals surface area contributed by atoms with Crippen LogP contribution in [0.2, 0.25) is 5.02 Å². The van der Waals surface area contributed by atoms with Gasteiger partial charge < -0.3 is 15.4 Å². The summed E-state index contributed by atoms with van der Waals surface area (Å²) in [6, 6.07) is 13.2. The highest BCUT2D eigenvalue weighted by Gasteiger charge is 2.61. The van der Waals surface area contributed by atoms with Crippen LogP contribution in [-0.4, -0.2) is 38.7 Å². The summed E-state index contributed by atoms with van der Waals surface area (Å²) in [5.41, 5.74) is -1.66. The number of benzene rings is 3. The largest absolute Gasteiger partial charge is 0.495 e. The van der Waals surface area contributed by atoms with Crippen LogP contribution in [0.25, 0.3) is 0 Å². The van der Waals surface area contributed by atoms with Gasteiger partial charge in [0.25, 0.3) is 0 Å². The number of nitrogens with zero attached hydrogens (tertiary/aromatic N) is 1. The van der Waals surface area contributed by atoms with Gasteiger partial charge in [-0.1, -0.05) is 62.1 Å². The Morgan fingerprint density at radius 3 is 2.48 bits per heavy atom. The first-order valence-electron chi connectivity index (χ1n) is 13.4. The third-order valence-corrected chi connectivity index (χ3v) is 7.91. The van der Waals surface area contributed by atoms with Crippen molar-refractivity contribution >= 4 is 42.3 Å². The molecule has 1 aliphatic heterocycles. The van der Waals surface area contributed by atoms with Crippen molar-refractivity contribution in [2.24, 2.45) is 5.41 Å². The zero-order chi connectivity index (χ0) is 31.0. The minimum atomic E-state index is -1.75. The molecule has 6 nitrogen and oxygen atoms in total. The third-order valence-electron chi connectivity index (χ3n) is 7.67. The predicted molar refractivity (Wildman–Crippen MR) is 160 cm³/mol. The van der Waals surface area contributed by atoms with Gasteiger partial charge in [0.15, 0.2) is 5.78 Å². The average molecular weight is 590 g/mol. The molecule has 0 unspecified atom stereocenters. The Morgan fingerprint density at radius 2 is 1.88 bits per heavy atom. The fourth-order valence-corrected chi connectivity index (χ4v) is 5.99. The number of nitriles is 1. The lowest BCUT2D eigenvalue weighted by Crippen LogP contribution is -2.45. The summed E-state index contributed by atoms with van der Waals surface area (Å²) >= 11 is 6.07. The lowest BCUT2D eigenvalue weighted by Gasteiger charge is -2.37. The Labute approximate surface area is 250 Å². The monoisotopic (exact) mass is 589 g/mol. The zero-order valence-corrected chi connectivity index (χ0v) is 24.8. The summed E-state index contributed by atoms with van der Waals surface area (Å²) in [4.78, 5) is 26.0. The molecular formula is C32H31BClF2N3O3. The molecule has 0 aromatic heterocycles. The standard InChI is InChI=1S/C32H31BClF2N3O3/c1-17(40)18-9-12-24(25(13-18)42-5)38-30(41)29-27(20-7-6-8-22(33)28(20)36)32(16-37,26(39-29)15-31(2,3)4)21-11-10-19(34)14-23(21)35/h6-14,26-27,29,39H,15H2,1-5H3,(H,38,41)/t26-,27-,29+,32-/m0/s1. The van der Waals surface area contributed by atoms with Gasteiger partial charge in [-0.3, -0.25) is 9.59 Å². The Balaban J connectivity index is 1.95. The van der Waals surface area contributed by atoms with E-state index >= 15 is 8.78 Å². The summed E-state index contributed by atoms with van der Waals surface area (Å²) in [6.07, 6.45) is 0.337. The van der Waals surface area contributed by atoms with E-state index in [0.29, 0.717) is 12.0 Å². The number of rotatable bonds is 7. The molecule has 1 heterocycles. The molecule has 0 saturated carbocycles. The summed E-state index contributed by atoms with van der Waals surface area (Å²) in [7, 11) is 7.35. The molecule has 0 aliphatic carbocycles. The predicted octanol–water partition coefficient (Wildman–Crippen LogP) is 5.58. The molecule has 1 saturated heterocycles. The molecule has 1 fully saturated rings.